The summed E-state index contributed by atoms with van der Waals surface area (Å²) in [5.74, 6) is -0.225. The molecule has 0 unspecified atom stereocenters. The lowest BCUT2D eigenvalue weighted by atomic mass is 10.2. The first-order valence-electron chi connectivity index (χ1n) is 5.97. The number of amides is 1. The minimum absolute atomic E-state index is 0.225. The number of nitrogens with two attached hydrogens (primary N) is 1. The molecule has 2 rings (SSSR count). The van der Waals surface area contributed by atoms with Crippen LogP contribution in [0.5, 0.6) is 0 Å². The fraction of sp³-hybridized carbons (Fsp3) is 0.231. The Morgan fingerprint density at radius 1 is 1.55 bits per heavy atom. The van der Waals surface area contributed by atoms with Crippen LogP contribution < -0.4 is 5.73 Å². The van der Waals surface area contributed by atoms with Crippen molar-refractivity contribution in [3.63, 3.8) is 0 Å². The molecule has 2 N–H and O–H groups in total. The summed E-state index contributed by atoms with van der Waals surface area (Å²) >= 11 is 1.22. The van der Waals surface area contributed by atoms with Gasteiger partial charge in [-0.3, -0.25) is 9.78 Å². The van der Waals surface area contributed by atoms with E-state index in [0.717, 1.165) is 5.56 Å². The van der Waals surface area contributed by atoms with Crippen molar-refractivity contribution >= 4 is 22.4 Å². The second-order valence-electron chi connectivity index (χ2n) is 4.07. The maximum atomic E-state index is 12.4. The lowest BCUT2D eigenvalue weighted by molar-refractivity contribution is 0.0741. The topological polar surface area (TPSA) is 95.9 Å². The highest BCUT2D eigenvalue weighted by Gasteiger charge is 2.18. The average molecular weight is 287 g/mol. The number of nitriles is 1. The van der Waals surface area contributed by atoms with E-state index in [1.165, 1.54) is 11.3 Å². The van der Waals surface area contributed by atoms with Gasteiger partial charge in [-0.05, 0) is 11.6 Å². The van der Waals surface area contributed by atoms with Gasteiger partial charge in [0.25, 0.3) is 5.91 Å². The number of thiazole rings is 1. The molecule has 0 bridgehead atoms. The smallest absolute Gasteiger partial charge is 0.273 e. The molecular weight excluding hydrogens is 274 g/mol. The molecule has 2 heterocycles. The van der Waals surface area contributed by atoms with Crippen LogP contribution in [-0.2, 0) is 6.54 Å². The Morgan fingerprint density at radius 3 is 3.00 bits per heavy atom. The Hall–Kier alpha value is -2.46. The summed E-state index contributed by atoms with van der Waals surface area (Å²) in [5.41, 5.74) is 6.76. The molecule has 0 spiro atoms. The Balaban J connectivity index is 2.15. The first-order valence-corrected chi connectivity index (χ1v) is 6.85. The maximum Gasteiger partial charge on any atom is 0.273 e. The number of hydrogen-bond acceptors (Lipinski definition) is 6. The summed E-state index contributed by atoms with van der Waals surface area (Å²) in [6, 6.07) is 5.74. The minimum atomic E-state index is -0.225. The largest absolute Gasteiger partial charge is 0.375 e. The third kappa shape index (κ3) is 3.52. The predicted octanol–water partition coefficient (Wildman–Crippen LogP) is 1.68. The van der Waals surface area contributed by atoms with Crippen molar-refractivity contribution in [3.8, 4) is 6.07 Å². The van der Waals surface area contributed by atoms with Gasteiger partial charge in [-0.15, -0.1) is 11.3 Å². The van der Waals surface area contributed by atoms with Gasteiger partial charge in [0.05, 0.1) is 12.5 Å². The highest BCUT2D eigenvalue weighted by atomic mass is 32.1. The molecule has 2 aromatic rings. The molecule has 7 heteroatoms. The van der Waals surface area contributed by atoms with Crippen LogP contribution in [0.3, 0.4) is 0 Å². The van der Waals surface area contributed by atoms with E-state index in [9.17, 15) is 4.79 Å². The third-order valence-electron chi connectivity index (χ3n) is 2.62. The van der Waals surface area contributed by atoms with Crippen molar-refractivity contribution in [2.45, 2.75) is 13.0 Å². The Bertz CT molecular complexity index is 619. The van der Waals surface area contributed by atoms with Gasteiger partial charge in [-0.25, -0.2) is 4.98 Å². The fourth-order valence-corrected chi connectivity index (χ4v) is 2.23. The van der Waals surface area contributed by atoms with Crippen molar-refractivity contribution in [1.82, 2.24) is 14.9 Å². The summed E-state index contributed by atoms with van der Waals surface area (Å²) in [7, 11) is 0. The quantitative estimate of drug-likeness (QED) is 0.902. The highest BCUT2D eigenvalue weighted by molar-refractivity contribution is 7.13. The Labute approximate surface area is 120 Å². The van der Waals surface area contributed by atoms with Crippen LogP contribution in [0.15, 0.2) is 29.9 Å². The van der Waals surface area contributed by atoms with Crippen LogP contribution in [0.4, 0.5) is 5.13 Å². The number of nitrogen functional groups attached to an aromatic ring is 1. The average Bonchev–Trinajstić information content (AvgIpc) is 2.90. The lowest BCUT2D eigenvalue weighted by Gasteiger charge is -2.20. The number of hydrogen-bond donors (Lipinski definition) is 1. The molecular formula is C13H13N5OS. The number of anilines is 1. The number of pyridine rings is 1. The molecule has 0 aliphatic carbocycles. The van der Waals surface area contributed by atoms with E-state index in [1.54, 1.807) is 22.7 Å². The van der Waals surface area contributed by atoms with Gasteiger partial charge in [0.1, 0.15) is 5.69 Å². The normalized spacial score (nSPS) is 9.95. The monoisotopic (exact) mass is 287 g/mol. The van der Waals surface area contributed by atoms with Crippen molar-refractivity contribution in [3.05, 3.63) is 41.2 Å². The lowest BCUT2D eigenvalue weighted by Crippen LogP contribution is -2.31. The summed E-state index contributed by atoms with van der Waals surface area (Å²) in [5, 5.41) is 10.7. The van der Waals surface area contributed by atoms with E-state index < -0.39 is 0 Å². The maximum absolute atomic E-state index is 12.4. The van der Waals surface area contributed by atoms with E-state index in [4.69, 9.17) is 11.0 Å². The van der Waals surface area contributed by atoms with Crippen LogP contribution in [0.2, 0.25) is 0 Å². The SMILES string of the molecule is N#CCCN(Cc1cccnc1)C(=O)c1csc(N)n1. The molecule has 0 aliphatic heterocycles. The van der Waals surface area contributed by atoms with Crippen molar-refractivity contribution in [1.29, 1.82) is 5.26 Å². The second-order valence-corrected chi connectivity index (χ2v) is 4.96. The Kier molecular flexibility index (Phi) is 4.63. The zero-order chi connectivity index (χ0) is 14.4. The van der Waals surface area contributed by atoms with Crippen LogP contribution in [0.25, 0.3) is 0 Å². The highest BCUT2D eigenvalue weighted by Crippen LogP contribution is 2.15. The molecule has 0 saturated heterocycles. The van der Waals surface area contributed by atoms with Gasteiger partial charge in [-0.2, -0.15) is 5.26 Å². The number of nitrogens with zero attached hydrogens (tertiary/aromatic N) is 4. The number of carbonyl (C=O) groups excluding carboxylic acids is 1. The molecule has 0 atom stereocenters. The summed E-state index contributed by atoms with van der Waals surface area (Å²) in [6.07, 6.45) is 3.64. The standard InChI is InChI=1S/C13H13N5OS/c14-4-2-6-18(8-10-3-1-5-16-7-10)12(19)11-9-20-13(15)17-11/h1,3,5,7,9H,2,6,8H2,(H2,15,17). The number of aromatic nitrogens is 2. The predicted molar refractivity (Wildman–Crippen MR) is 75.7 cm³/mol. The van der Waals surface area contributed by atoms with E-state index in [0.29, 0.717) is 23.9 Å². The van der Waals surface area contributed by atoms with Gasteiger partial charge in [0, 0.05) is 30.9 Å². The van der Waals surface area contributed by atoms with Gasteiger partial charge in [-0.1, -0.05) is 6.07 Å². The van der Waals surface area contributed by atoms with Crippen LogP contribution in [0.1, 0.15) is 22.5 Å². The van der Waals surface area contributed by atoms with Crippen LogP contribution >= 0.6 is 11.3 Å². The number of carbonyl (C=O) groups is 1. The first-order chi connectivity index (χ1) is 9.70. The number of rotatable bonds is 5. The van der Waals surface area contributed by atoms with Gasteiger partial charge < -0.3 is 10.6 Å². The van der Waals surface area contributed by atoms with Crippen molar-refractivity contribution < 1.29 is 4.79 Å². The molecule has 20 heavy (non-hydrogen) atoms. The van der Waals surface area contributed by atoms with E-state index in [1.807, 2.05) is 18.2 Å². The van der Waals surface area contributed by atoms with Crippen molar-refractivity contribution in [2.24, 2.45) is 0 Å². The van der Waals surface area contributed by atoms with Gasteiger partial charge in [0.2, 0.25) is 0 Å². The van der Waals surface area contributed by atoms with Gasteiger partial charge >= 0.3 is 0 Å². The summed E-state index contributed by atoms with van der Waals surface area (Å²) < 4.78 is 0. The zero-order valence-electron chi connectivity index (χ0n) is 10.7. The first kappa shape index (κ1) is 14.0. The second kappa shape index (κ2) is 6.63. The molecule has 0 aromatic carbocycles. The molecule has 0 aliphatic rings. The molecule has 0 fully saturated rings. The molecule has 6 nitrogen and oxygen atoms in total. The van der Waals surface area contributed by atoms with Crippen LogP contribution in [0, 0.1) is 11.3 Å². The van der Waals surface area contributed by atoms with Crippen LogP contribution in [-0.4, -0.2) is 27.3 Å². The van der Waals surface area contributed by atoms with Crippen molar-refractivity contribution in [2.75, 3.05) is 12.3 Å². The molecule has 0 radical (unpaired) electrons. The molecule has 0 saturated carbocycles. The van der Waals surface area contributed by atoms with E-state index >= 15 is 0 Å². The molecule has 2 aromatic heterocycles. The Morgan fingerprint density at radius 2 is 2.40 bits per heavy atom. The minimum Gasteiger partial charge on any atom is -0.375 e. The van der Waals surface area contributed by atoms with E-state index in [2.05, 4.69) is 9.97 Å². The molecule has 1 amide bonds. The summed E-state index contributed by atoms with van der Waals surface area (Å²) in [4.78, 5) is 21.9. The van der Waals surface area contributed by atoms with E-state index in [-0.39, 0.29) is 12.3 Å². The fourth-order valence-electron chi connectivity index (χ4n) is 1.70. The van der Waals surface area contributed by atoms with Gasteiger partial charge in [0.15, 0.2) is 5.13 Å². The molecule has 102 valence electrons. The zero-order valence-corrected chi connectivity index (χ0v) is 11.5. The summed E-state index contributed by atoms with van der Waals surface area (Å²) in [6.45, 7) is 0.743. The third-order valence-corrected chi connectivity index (χ3v) is 3.29.